The van der Waals surface area contributed by atoms with E-state index in [1.165, 1.54) is 24.2 Å². The van der Waals surface area contributed by atoms with Crippen molar-refractivity contribution < 1.29 is 4.42 Å². The average Bonchev–Trinajstić information content (AvgIpc) is 3.05. The van der Waals surface area contributed by atoms with Crippen LogP contribution in [0.25, 0.3) is 11.0 Å². The van der Waals surface area contributed by atoms with E-state index in [-0.39, 0.29) is 0 Å². The Hall–Kier alpha value is -2.23. The summed E-state index contributed by atoms with van der Waals surface area (Å²) >= 11 is 0. The second kappa shape index (κ2) is 4.65. The Morgan fingerprint density at radius 3 is 2.95 bits per heavy atom. The summed E-state index contributed by atoms with van der Waals surface area (Å²) in [5.41, 5.74) is 8.84. The first-order chi connectivity index (χ1) is 10.2. The first-order valence-electron chi connectivity index (χ1n) is 7.52. The molecule has 2 heterocycles. The van der Waals surface area contributed by atoms with E-state index in [4.69, 9.17) is 15.1 Å². The van der Waals surface area contributed by atoms with Gasteiger partial charge in [0, 0.05) is 24.1 Å². The van der Waals surface area contributed by atoms with E-state index in [9.17, 15) is 0 Å². The van der Waals surface area contributed by atoms with Gasteiger partial charge >= 0.3 is 0 Å². The van der Waals surface area contributed by atoms with Crippen LogP contribution in [0, 0.1) is 0 Å². The number of benzene rings is 1. The van der Waals surface area contributed by atoms with Gasteiger partial charge in [-0.05, 0) is 50.1 Å². The number of nitrogen functional groups attached to an aromatic ring is 1. The van der Waals surface area contributed by atoms with E-state index in [1.807, 2.05) is 24.3 Å². The maximum atomic E-state index is 5.90. The highest BCUT2D eigenvalue weighted by atomic mass is 16.3. The average molecular weight is 281 g/mol. The number of anilines is 1. The van der Waals surface area contributed by atoms with Crippen molar-refractivity contribution in [3.8, 4) is 0 Å². The van der Waals surface area contributed by atoms with Crippen LogP contribution < -0.4 is 5.73 Å². The second-order valence-electron chi connectivity index (χ2n) is 5.99. The van der Waals surface area contributed by atoms with Crippen molar-refractivity contribution >= 4 is 16.7 Å². The maximum absolute atomic E-state index is 5.90. The molecule has 1 aliphatic rings. The van der Waals surface area contributed by atoms with Crippen molar-refractivity contribution in [3.05, 3.63) is 48.2 Å². The molecule has 2 N–H and O–H groups in total. The molecule has 1 atom stereocenters. The Morgan fingerprint density at radius 2 is 2.24 bits per heavy atom. The lowest BCUT2D eigenvalue weighted by Crippen LogP contribution is -2.11. The molecule has 4 heteroatoms. The summed E-state index contributed by atoms with van der Waals surface area (Å²) < 4.78 is 7.87. The fraction of sp³-hybridized carbons (Fsp3) is 0.353. The van der Waals surface area contributed by atoms with Crippen LogP contribution in [0.4, 0.5) is 5.69 Å². The molecule has 4 nitrogen and oxygen atoms in total. The summed E-state index contributed by atoms with van der Waals surface area (Å²) in [5, 5.41) is 0. The van der Waals surface area contributed by atoms with Crippen LogP contribution in [-0.4, -0.2) is 9.55 Å². The third-order valence-electron chi connectivity index (χ3n) is 4.20. The van der Waals surface area contributed by atoms with Crippen molar-refractivity contribution in [1.29, 1.82) is 0 Å². The molecule has 21 heavy (non-hydrogen) atoms. The smallest absolute Gasteiger partial charge is 0.113 e. The van der Waals surface area contributed by atoms with Gasteiger partial charge in [0.1, 0.15) is 11.6 Å². The van der Waals surface area contributed by atoms with E-state index in [0.717, 1.165) is 23.4 Å². The van der Waals surface area contributed by atoms with Gasteiger partial charge in [0.05, 0.1) is 17.3 Å². The second-order valence-corrected chi connectivity index (χ2v) is 5.99. The molecule has 1 saturated carbocycles. The molecule has 1 fully saturated rings. The highest BCUT2D eigenvalue weighted by Gasteiger charge is 2.31. The Kier molecular flexibility index (Phi) is 2.77. The number of aromatic nitrogens is 2. The molecule has 0 aliphatic heterocycles. The maximum Gasteiger partial charge on any atom is 0.113 e. The van der Waals surface area contributed by atoms with Crippen LogP contribution in [0.1, 0.15) is 43.3 Å². The van der Waals surface area contributed by atoms with E-state index >= 15 is 0 Å². The number of imidazole rings is 1. The van der Waals surface area contributed by atoms with Crippen molar-refractivity contribution in [2.75, 3.05) is 5.73 Å². The fourth-order valence-corrected chi connectivity index (χ4v) is 3.04. The van der Waals surface area contributed by atoms with Gasteiger partial charge in [-0.1, -0.05) is 0 Å². The van der Waals surface area contributed by atoms with Gasteiger partial charge in [0.25, 0.3) is 0 Å². The van der Waals surface area contributed by atoms with E-state index in [0.29, 0.717) is 12.0 Å². The number of nitrogens with zero attached hydrogens (tertiary/aromatic N) is 2. The summed E-state index contributed by atoms with van der Waals surface area (Å²) in [7, 11) is 0. The Balaban J connectivity index is 1.79. The third-order valence-corrected chi connectivity index (χ3v) is 4.20. The van der Waals surface area contributed by atoms with Gasteiger partial charge in [-0.3, -0.25) is 0 Å². The number of fused-ring (bicyclic) bond motifs is 1. The highest BCUT2D eigenvalue weighted by Crippen LogP contribution is 2.42. The standard InChI is InChI=1S/C17H19N3O/c1-11(9-14-3-2-8-21-14)20-16-7-6-13(18)10-15(16)19-17(20)12-4-5-12/h2-3,6-8,10-12H,4-5,9,18H2,1H3. The van der Waals surface area contributed by atoms with Gasteiger partial charge in [-0.25, -0.2) is 4.98 Å². The number of furan rings is 1. The predicted molar refractivity (Wildman–Crippen MR) is 83.2 cm³/mol. The number of nitrogens with two attached hydrogens (primary N) is 1. The molecule has 0 saturated heterocycles. The molecule has 1 aromatic carbocycles. The van der Waals surface area contributed by atoms with Gasteiger partial charge in [0.2, 0.25) is 0 Å². The van der Waals surface area contributed by atoms with Crippen molar-refractivity contribution in [2.24, 2.45) is 0 Å². The Bertz CT molecular complexity index is 769. The molecular weight excluding hydrogens is 262 g/mol. The first-order valence-corrected chi connectivity index (χ1v) is 7.52. The molecule has 108 valence electrons. The van der Waals surface area contributed by atoms with Crippen LogP contribution in [0.3, 0.4) is 0 Å². The molecule has 4 rings (SSSR count). The van der Waals surface area contributed by atoms with E-state index in [1.54, 1.807) is 6.26 Å². The number of hydrogen-bond acceptors (Lipinski definition) is 3. The quantitative estimate of drug-likeness (QED) is 0.738. The lowest BCUT2D eigenvalue weighted by molar-refractivity contribution is 0.447. The molecule has 0 radical (unpaired) electrons. The molecule has 0 spiro atoms. The van der Waals surface area contributed by atoms with Crippen LogP contribution in [0.2, 0.25) is 0 Å². The summed E-state index contributed by atoms with van der Waals surface area (Å²) in [5.74, 6) is 2.83. The molecule has 0 bridgehead atoms. The molecule has 0 amide bonds. The van der Waals surface area contributed by atoms with E-state index < -0.39 is 0 Å². The Morgan fingerprint density at radius 1 is 1.38 bits per heavy atom. The van der Waals surface area contributed by atoms with Crippen LogP contribution >= 0.6 is 0 Å². The summed E-state index contributed by atoms with van der Waals surface area (Å²) in [6.45, 7) is 2.23. The zero-order valence-corrected chi connectivity index (χ0v) is 12.1. The SMILES string of the molecule is CC(Cc1ccco1)n1c(C2CC2)nc2cc(N)ccc21. The number of hydrogen-bond donors (Lipinski definition) is 1. The summed E-state index contributed by atoms with van der Waals surface area (Å²) in [4.78, 5) is 4.84. The van der Waals surface area contributed by atoms with Gasteiger partial charge in [0.15, 0.2) is 0 Å². The zero-order chi connectivity index (χ0) is 14.4. The predicted octanol–water partition coefficient (Wildman–Crippen LogP) is 3.89. The van der Waals surface area contributed by atoms with Gasteiger partial charge in [-0.15, -0.1) is 0 Å². The fourth-order valence-electron chi connectivity index (χ4n) is 3.04. The van der Waals surface area contributed by atoms with Crippen molar-refractivity contribution in [1.82, 2.24) is 9.55 Å². The Labute approximate surface area is 123 Å². The first kappa shape index (κ1) is 12.5. The molecule has 3 aromatic rings. The molecule has 1 unspecified atom stereocenters. The topological polar surface area (TPSA) is 57.0 Å². The van der Waals surface area contributed by atoms with Gasteiger partial charge < -0.3 is 14.7 Å². The highest BCUT2D eigenvalue weighted by molar-refractivity contribution is 5.80. The van der Waals surface area contributed by atoms with Crippen molar-refractivity contribution in [3.63, 3.8) is 0 Å². The largest absolute Gasteiger partial charge is 0.469 e. The summed E-state index contributed by atoms with van der Waals surface area (Å²) in [6.07, 6.45) is 5.09. The minimum atomic E-state index is 0.320. The lowest BCUT2D eigenvalue weighted by atomic mass is 10.1. The number of rotatable bonds is 4. The van der Waals surface area contributed by atoms with Gasteiger partial charge in [-0.2, -0.15) is 0 Å². The monoisotopic (exact) mass is 281 g/mol. The lowest BCUT2D eigenvalue weighted by Gasteiger charge is -2.16. The minimum Gasteiger partial charge on any atom is -0.469 e. The van der Waals surface area contributed by atoms with E-state index in [2.05, 4.69) is 17.6 Å². The zero-order valence-electron chi connectivity index (χ0n) is 12.1. The molecule has 2 aromatic heterocycles. The van der Waals surface area contributed by atoms with Crippen LogP contribution in [-0.2, 0) is 6.42 Å². The van der Waals surface area contributed by atoms with Crippen molar-refractivity contribution in [2.45, 2.75) is 38.1 Å². The van der Waals surface area contributed by atoms with Crippen LogP contribution in [0.15, 0.2) is 41.0 Å². The summed E-state index contributed by atoms with van der Waals surface area (Å²) in [6, 6.07) is 10.3. The normalized spacial score (nSPS) is 16.4. The molecule has 1 aliphatic carbocycles. The minimum absolute atomic E-state index is 0.320. The molecular formula is C17H19N3O. The third kappa shape index (κ3) is 2.20. The van der Waals surface area contributed by atoms with Crippen LogP contribution in [0.5, 0.6) is 0 Å².